The van der Waals surface area contributed by atoms with E-state index in [9.17, 15) is 0 Å². The maximum atomic E-state index is 5.90. The summed E-state index contributed by atoms with van der Waals surface area (Å²) >= 11 is 0. The highest BCUT2D eigenvalue weighted by atomic mass is 16.5. The highest BCUT2D eigenvalue weighted by Gasteiger charge is 2.39. The largest absolute Gasteiger partial charge is 0.493 e. The third-order valence-electron chi connectivity index (χ3n) is 6.07. The second-order valence-corrected chi connectivity index (χ2v) is 10.1. The second-order valence-electron chi connectivity index (χ2n) is 10.1. The first-order chi connectivity index (χ1) is 15.1. The molecular formula is C25H34N6O. The van der Waals surface area contributed by atoms with Crippen LogP contribution in [0.2, 0.25) is 0 Å². The predicted molar refractivity (Wildman–Crippen MR) is 129 cm³/mol. The van der Waals surface area contributed by atoms with E-state index in [4.69, 9.17) is 4.74 Å². The minimum atomic E-state index is 0.0741. The van der Waals surface area contributed by atoms with Crippen molar-refractivity contribution in [2.24, 2.45) is 0 Å². The van der Waals surface area contributed by atoms with Gasteiger partial charge in [0, 0.05) is 42.0 Å². The summed E-state index contributed by atoms with van der Waals surface area (Å²) < 4.78 is 5.90. The van der Waals surface area contributed by atoms with E-state index in [1.807, 2.05) is 38.1 Å². The van der Waals surface area contributed by atoms with Crippen LogP contribution in [0.15, 0.2) is 30.5 Å². The summed E-state index contributed by atoms with van der Waals surface area (Å²) in [5.41, 5.74) is 4.30. The lowest BCUT2D eigenvalue weighted by Gasteiger charge is -2.49. The zero-order valence-corrected chi connectivity index (χ0v) is 20.2. The van der Waals surface area contributed by atoms with Crippen molar-refractivity contribution in [2.45, 2.75) is 71.5 Å². The Hall–Kier alpha value is -2.80. The quantitative estimate of drug-likeness (QED) is 0.632. The van der Waals surface area contributed by atoms with E-state index in [1.165, 1.54) is 0 Å². The average molecular weight is 435 g/mol. The second kappa shape index (κ2) is 8.28. The minimum Gasteiger partial charge on any atom is -0.493 e. The lowest BCUT2D eigenvalue weighted by atomic mass is 9.79. The summed E-state index contributed by atoms with van der Waals surface area (Å²) in [4.78, 5) is 11.4. The molecule has 7 nitrogen and oxygen atoms in total. The van der Waals surface area contributed by atoms with E-state index in [1.54, 1.807) is 6.20 Å². The fourth-order valence-electron chi connectivity index (χ4n) is 4.99. The Morgan fingerprint density at radius 3 is 2.41 bits per heavy atom. The standard InChI is InChI=1S/C25H34N6O/c1-8-32-22-12-20-21(27-16(2)15-26-20)11-18(22)19-9-10-23(29-28-19)31(7)17-13-24(3,4)30-25(5,6)14-17/h9-12,15,17,30H,8,13-14H2,1-7H3. The SMILES string of the molecule is CCOc1cc2ncc(C)nc2cc1-c1ccc(N(C)C2CC(C)(C)NC(C)(C)C2)nn1. The van der Waals surface area contributed by atoms with Gasteiger partial charge in [0.2, 0.25) is 0 Å². The minimum absolute atomic E-state index is 0.0741. The molecule has 2 aromatic heterocycles. The monoisotopic (exact) mass is 434 g/mol. The molecule has 0 unspecified atom stereocenters. The number of aromatic nitrogens is 4. The highest BCUT2D eigenvalue weighted by molar-refractivity contribution is 5.84. The number of rotatable bonds is 5. The van der Waals surface area contributed by atoms with Gasteiger partial charge in [0.15, 0.2) is 5.82 Å². The van der Waals surface area contributed by atoms with Crippen molar-refractivity contribution in [1.82, 2.24) is 25.5 Å². The van der Waals surface area contributed by atoms with Crippen molar-refractivity contribution >= 4 is 16.9 Å². The molecule has 1 aromatic carbocycles. The Morgan fingerprint density at radius 2 is 1.78 bits per heavy atom. The van der Waals surface area contributed by atoms with Crippen LogP contribution < -0.4 is 15.0 Å². The van der Waals surface area contributed by atoms with E-state index in [0.717, 1.165) is 52.4 Å². The summed E-state index contributed by atoms with van der Waals surface area (Å²) in [6.07, 6.45) is 3.87. The molecule has 4 rings (SSSR count). The number of piperidine rings is 1. The molecule has 0 aliphatic carbocycles. The van der Waals surface area contributed by atoms with Gasteiger partial charge in [-0.3, -0.25) is 4.98 Å². The fraction of sp³-hybridized carbons (Fsp3) is 0.520. The van der Waals surface area contributed by atoms with Crippen LogP contribution in [0.25, 0.3) is 22.3 Å². The number of hydrogen-bond donors (Lipinski definition) is 1. The zero-order chi connectivity index (χ0) is 23.1. The third kappa shape index (κ3) is 4.67. The molecule has 170 valence electrons. The topological polar surface area (TPSA) is 76.1 Å². The summed E-state index contributed by atoms with van der Waals surface area (Å²) in [6.45, 7) is 13.5. The lowest BCUT2D eigenvalue weighted by molar-refractivity contribution is 0.160. The molecule has 0 radical (unpaired) electrons. The molecule has 1 aliphatic rings. The number of benzene rings is 1. The number of anilines is 1. The van der Waals surface area contributed by atoms with Gasteiger partial charge in [-0.15, -0.1) is 10.2 Å². The molecule has 0 spiro atoms. The third-order valence-corrected chi connectivity index (χ3v) is 6.07. The van der Waals surface area contributed by atoms with Crippen molar-refractivity contribution in [1.29, 1.82) is 0 Å². The molecule has 3 aromatic rings. The molecule has 3 heterocycles. The van der Waals surface area contributed by atoms with E-state index in [2.05, 4.69) is 65.1 Å². The van der Waals surface area contributed by atoms with Crippen LogP contribution >= 0.6 is 0 Å². The Labute approximate surface area is 190 Å². The first-order valence-corrected chi connectivity index (χ1v) is 11.3. The molecule has 0 atom stereocenters. The maximum absolute atomic E-state index is 5.90. The van der Waals surface area contributed by atoms with E-state index in [-0.39, 0.29) is 11.1 Å². The van der Waals surface area contributed by atoms with Crippen LogP contribution in [0.5, 0.6) is 5.75 Å². The molecule has 32 heavy (non-hydrogen) atoms. The maximum Gasteiger partial charge on any atom is 0.151 e. The van der Waals surface area contributed by atoms with Gasteiger partial charge >= 0.3 is 0 Å². The number of nitrogens with one attached hydrogen (secondary N) is 1. The molecule has 0 amide bonds. The van der Waals surface area contributed by atoms with Gasteiger partial charge in [-0.2, -0.15) is 0 Å². The molecule has 1 fully saturated rings. The van der Waals surface area contributed by atoms with Crippen LogP contribution in [-0.2, 0) is 0 Å². The number of nitrogens with zero attached hydrogens (tertiary/aromatic N) is 5. The normalized spacial score (nSPS) is 18.0. The number of ether oxygens (including phenoxy) is 1. The van der Waals surface area contributed by atoms with Gasteiger partial charge < -0.3 is 15.0 Å². The molecule has 0 saturated carbocycles. The van der Waals surface area contributed by atoms with Gasteiger partial charge in [0.05, 0.1) is 29.0 Å². The van der Waals surface area contributed by atoms with Crippen LogP contribution in [0.3, 0.4) is 0 Å². The van der Waals surface area contributed by atoms with Crippen molar-refractivity contribution in [2.75, 3.05) is 18.6 Å². The molecule has 7 heteroatoms. The number of hydrogen-bond acceptors (Lipinski definition) is 7. The van der Waals surface area contributed by atoms with Gasteiger partial charge in [-0.05, 0) is 72.6 Å². The van der Waals surface area contributed by atoms with Crippen LogP contribution in [0.1, 0.15) is 53.2 Å². The van der Waals surface area contributed by atoms with Gasteiger partial charge in [-0.1, -0.05) is 0 Å². The van der Waals surface area contributed by atoms with Gasteiger partial charge in [0.25, 0.3) is 0 Å². The van der Waals surface area contributed by atoms with Crippen molar-refractivity contribution in [3.8, 4) is 17.0 Å². The van der Waals surface area contributed by atoms with Gasteiger partial charge in [0.1, 0.15) is 5.75 Å². The highest BCUT2D eigenvalue weighted by Crippen LogP contribution is 2.35. The summed E-state index contributed by atoms with van der Waals surface area (Å²) in [6, 6.07) is 8.38. The molecule has 1 N–H and O–H groups in total. The molecular weight excluding hydrogens is 400 g/mol. The first kappa shape index (κ1) is 22.4. The number of aryl methyl sites for hydroxylation is 1. The molecule has 0 bridgehead atoms. The fourth-order valence-corrected chi connectivity index (χ4v) is 4.99. The summed E-state index contributed by atoms with van der Waals surface area (Å²) in [5, 5.41) is 12.9. The van der Waals surface area contributed by atoms with Crippen molar-refractivity contribution in [3.63, 3.8) is 0 Å². The van der Waals surface area contributed by atoms with E-state index < -0.39 is 0 Å². The van der Waals surface area contributed by atoms with Crippen LogP contribution in [0, 0.1) is 6.92 Å². The Bertz CT molecular complexity index is 1090. The smallest absolute Gasteiger partial charge is 0.151 e. The Kier molecular flexibility index (Phi) is 5.79. The summed E-state index contributed by atoms with van der Waals surface area (Å²) in [7, 11) is 2.12. The predicted octanol–water partition coefficient (Wildman–Crippen LogP) is 4.54. The van der Waals surface area contributed by atoms with Crippen LogP contribution in [-0.4, -0.2) is 50.9 Å². The average Bonchev–Trinajstić information content (AvgIpc) is 2.71. The van der Waals surface area contributed by atoms with Crippen LogP contribution in [0.4, 0.5) is 5.82 Å². The summed E-state index contributed by atoms with van der Waals surface area (Å²) in [5.74, 6) is 1.62. The molecule has 1 saturated heterocycles. The molecule has 1 aliphatic heterocycles. The lowest BCUT2D eigenvalue weighted by Crippen LogP contribution is -2.62. The first-order valence-electron chi connectivity index (χ1n) is 11.3. The Balaban J connectivity index is 1.65. The van der Waals surface area contributed by atoms with Gasteiger partial charge in [-0.25, -0.2) is 4.98 Å². The van der Waals surface area contributed by atoms with E-state index >= 15 is 0 Å². The van der Waals surface area contributed by atoms with Crippen molar-refractivity contribution < 1.29 is 4.74 Å². The number of fused-ring (bicyclic) bond motifs is 1. The zero-order valence-electron chi connectivity index (χ0n) is 20.2. The Morgan fingerprint density at radius 1 is 1.06 bits per heavy atom. The van der Waals surface area contributed by atoms with E-state index in [0.29, 0.717) is 12.6 Å². The van der Waals surface area contributed by atoms with Crippen molar-refractivity contribution in [3.05, 3.63) is 36.2 Å².